The molecule has 14 heavy (non-hydrogen) atoms. The Labute approximate surface area is 86.6 Å². The van der Waals surface area contributed by atoms with E-state index in [0.717, 1.165) is 0 Å². The van der Waals surface area contributed by atoms with E-state index in [4.69, 9.17) is 10.8 Å². The van der Waals surface area contributed by atoms with Gasteiger partial charge >= 0.3 is 5.97 Å². The third-order valence-corrected chi connectivity index (χ3v) is 1.62. The van der Waals surface area contributed by atoms with Gasteiger partial charge in [0, 0.05) is 11.8 Å². The van der Waals surface area contributed by atoms with E-state index in [0.29, 0.717) is 11.3 Å². The number of hydrogen-bond acceptors (Lipinski definition) is 4. The molecule has 72 valence electrons. The number of carboxylic acid groups (broad SMARTS) is 1. The lowest BCUT2D eigenvalue weighted by atomic mass is 10.2. The first-order valence-electron chi connectivity index (χ1n) is 3.73. The summed E-state index contributed by atoms with van der Waals surface area (Å²) in [6.07, 6.45) is 1.43. The zero-order chi connectivity index (χ0) is 10.6. The van der Waals surface area contributed by atoms with Gasteiger partial charge in [0.15, 0.2) is 0 Å². The van der Waals surface area contributed by atoms with Gasteiger partial charge in [0.05, 0.1) is 5.75 Å². The zero-order valence-electron chi connectivity index (χ0n) is 7.19. The molecule has 1 rings (SSSR count). The molecule has 0 aliphatic carbocycles. The SMILES string of the molecule is Nc1ncc(C#CCS)cc1C(=O)O. The van der Waals surface area contributed by atoms with Gasteiger partial charge in [0.1, 0.15) is 11.4 Å². The normalized spacial score (nSPS) is 8.93. The fourth-order valence-electron chi connectivity index (χ4n) is 0.857. The van der Waals surface area contributed by atoms with Gasteiger partial charge in [-0.05, 0) is 6.07 Å². The van der Waals surface area contributed by atoms with Gasteiger partial charge in [0.2, 0.25) is 0 Å². The summed E-state index contributed by atoms with van der Waals surface area (Å²) in [5, 5.41) is 8.73. The number of carbonyl (C=O) groups is 1. The molecule has 0 atom stereocenters. The lowest BCUT2D eigenvalue weighted by Crippen LogP contribution is -2.04. The Balaban J connectivity index is 3.13. The third kappa shape index (κ3) is 2.41. The van der Waals surface area contributed by atoms with Crippen LogP contribution in [0.15, 0.2) is 12.3 Å². The summed E-state index contributed by atoms with van der Waals surface area (Å²) >= 11 is 3.90. The van der Waals surface area contributed by atoms with Crippen molar-refractivity contribution in [2.75, 3.05) is 11.5 Å². The molecule has 3 N–H and O–H groups in total. The van der Waals surface area contributed by atoms with E-state index in [-0.39, 0.29) is 11.4 Å². The quantitative estimate of drug-likeness (QED) is 0.467. The minimum Gasteiger partial charge on any atom is -0.478 e. The van der Waals surface area contributed by atoms with Crippen LogP contribution in [0, 0.1) is 11.8 Å². The molecule has 1 aromatic rings. The van der Waals surface area contributed by atoms with Gasteiger partial charge in [-0.15, -0.1) is 0 Å². The molecule has 0 aromatic carbocycles. The molecule has 0 unspecified atom stereocenters. The van der Waals surface area contributed by atoms with E-state index < -0.39 is 5.97 Å². The first kappa shape index (κ1) is 10.4. The maximum atomic E-state index is 10.7. The number of nitrogens with two attached hydrogens (primary N) is 1. The van der Waals surface area contributed by atoms with Gasteiger partial charge in [-0.3, -0.25) is 0 Å². The Bertz CT molecular complexity index is 421. The van der Waals surface area contributed by atoms with E-state index >= 15 is 0 Å². The van der Waals surface area contributed by atoms with Gasteiger partial charge < -0.3 is 10.8 Å². The summed E-state index contributed by atoms with van der Waals surface area (Å²) in [6, 6.07) is 1.39. The number of pyridine rings is 1. The smallest absolute Gasteiger partial charge is 0.339 e. The van der Waals surface area contributed by atoms with Crippen LogP contribution in [0.25, 0.3) is 0 Å². The molecule has 0 fully saturated rings. The predicted molar refractivity (Wildman–Crippen MR) is 56.3 cm³/mol. The fraction of sp³-hybridized carbons (Fsp3) is 0.111. The number of carboxylic acids is 1. The van der Waals surface area contributed by atoms with Crippen molar-refractivity contribution in [1.29, 1.82) is 0 Å². The van der Waals surface area contributed by atoms with E-state index in [1.807, 2.05) is 0 Å². The highest BCUT2D eigenvalue weighted by atomic mass is 32.1. The van der Waals surface area contributed by atoms with Crippen molar-refractivity contribution in [3.05, 3.63) is 23.4 Å². The zero-order valence-corrected chi connectivity index (χ0v) is 8.08. The van der Waals surface area contributed by atoms with Gasteiger partial charge in [-0.25, -0.2) is 9.78 Å². The number of thiol groups is 1. The molecule has 0 aliphatic rings. The van der Waals surface area contributed by atoms with E-state index in [9.17, 15) is 4.79 Å². The van der Waals surface area contributed by atoms with E-state index in [1.54, 1.807) is 0 Å². The Hall–Kier alpha value is -1.67. The van der Waals surface area contributed by atoms with Gasteiger partial charge in [-0.2, -0.15) is 12.6 Å². The maximum absolute atomic E-state index is 10.7. The second kappa shape index (κ2) is 4.53. The average Bonchev–Trinajstić information content (AvgIpc) is 2.16. The number of aromatic carboxylic acids is 1. The highest BCUT2D eigenvalue weighted by molar-refractivity contribution is 7.80. The molecule has 0 amide bonds. The first-order chi connectivity index (χ1) is 6.65. The van der Waals surface area contributed by atoms with Crippen LogP contribution < -0.4 is 5.73 Å². The summed E-state index contributed by atoms with van der Waals surface area (Å²) in [7, 11) is 0. The van der Waals surface area contributed by atoms with Crippen LogP contribution in [-0.4, -0.2) is 21.8 Å². The first-order valence-corrected chi connectivity index (χ1v) is 4.37. The summed E-state index contributed by atoms with van der Waals surface area (Å²) in [5.74, 6) is 4.70. The topological polar surface area (TPSA) is 76.2 Å². The molecule has 1 aromatic heterocycles. The van der Waals surface area contributed by atoms with Crippen LogP contribution in [0.4, 0.5) is 5.82 Å². The lowest BCUT2D eigenvalue weighted by molar-refractivity contribution is 0.0697. The van der Waals surface area contributed by atoms with Crippen LogP contribution in [-0.2, 0) is 0 Å². The minimum atomic E-state index is -1.11. The molecular formula is C9H8N2O2S. The summed E-state index contributed by atoms with van der Waals surface area (Å²) < 4.78 is 0. The largest absolute Gasteiger partial charge is 0.478 e. The molecular weight excluding hydrogens is 200 g/mol. The predicted octanol–water partition coefficient (Wildman–Crippen LogP) is 0.643. The summed E-state index contributed by atoms with van der Waals surface area (Å²) in [4.78, 5) is 14.4. The van der Waals surface area contributed by atoms with E-state index in [2.05, 4.69) is 29.5 Å². The maximum Gasteiger partial charge on any atom is 0.339 e. The standard InChI is InChI=1S/C9H8N2O2S/c10-8-7(9(12)13)4-6(5-11-8)2-1-3-14/h4-5,14H,3H2,(H2,10,11)(H,12,13). The molecule has 0 aliphatic heterocycles. The Kier molecular flexibility index (Phi) is 3.37. The molecule has 1 heterocycles. The molecule has 0 bridgehead atoms. The van der Waals surface area contributed by atoms with Crippen molar-refractivity contribution in [3.63, 3.8) is 0 Å². The second-order valence-corrected chi connectivity index (χ2v) is 2.74. The van der Waals surface area contributed by atoms with Gasteiger partial charge in [0.25, 0.3) is 0 Å². The molecule has 4 nitrogen and oxygen atoms in total. The van der Waals surface area contributed by atoms with Crippen molar-refractivity contribution >= 4 is 24.4 Å². The number of nitrogens with zero attached hydrogens (tertiary/aromatic N) is 1. The van der Waals surface area contributed by atoms with Crippen molar-refractivity contribution in [2.24, 2.45) is 0 Å². The van der Waals surface area contributed by atoms with Crippen LogP contribution >= 0.6 is 12.6 Å². The third-order valence-electron chi connectivity index (χ3n) is 1.46. The minimum absolute atomic E-state index is 0.00563. The van der Waals surface area contributed by atoms with Gasteiger partial charge in [-0.1, -0.05) is 11.8 Å². The van der Waals surface area contributed by atoms with E-state index in [1.165, 1.54) is 12.3 Å². The monoisotopic (exact) mass is 208 g/mol. The number of hydrogen-bond donors (Lipinski definition) is 3. The van der Waals surface area contributed by atoms with Crippen LogP contribution in [0.2, 0.25) is 0 Å². The van der Waals surface area contributed by atoms with Crippen LogP contribution in [0.3, 0.4) is 0 Å². The molecule has 0 radical (unpaired) electrons. The summed E-state index contributed by atoms with van der Waals surface area (Å²) in [5.41, 5.74) is 5.85. The highest BCUT2D eigenvalue weighted by Gasteiger charge is 2.08. The highest BCUT2D eigenvalue weighted by Crippen LogP contribution is 2.09. The Morgan fingerprint density at radius 2 is 2.43 bits per heavy atom. The van der Waals surface area contributed by atoms with Crippen molar-refractivity contribution in [2.45, 2.75) is 0 Å². The number of anilines is 1. The summed E-state index contributed by atoms with van der Waals surface area (Å²) in [6.45, 7) is 0. The Morgan fingerprint density at radius 1 is 1.71 bits per heavy atom. The van der Waals surface area contributed by atoms with Crippen molar-refractivity contribution in [3.8, 4) is 11.8 Å². The lowest BCUT2D eigenvalue weighted by Gasteiger charge is -1.98. The molecule has 0 saturated heterocycles. The van der Waals surface area contributed by atoms with Crippen molar-refractivity contribution < 1.29 is 9.90 Å². The van der Waals surface area contributed by atoms with Crippen LogP contribution in [0.1, 0.15) is 15.9 Å². The Morgan fingerprint density at radius 3 is 3.00 bits per heavy atom. The average molecular weight is 208 g/mol. The molecule has 0 saturated carbocycles. The number of nitrogen functional groups attached to an aromatic ring is 1. The van der Waals surface area contributed by atoms with Crippen LogP contribution in [0.5, 0.6) is 0 Å². The molecule has 5 heteroatoms. The number of aromatic nitrogens is 1. The number of rotatable bonds is 1. The second-order valence-electron chi connectivity index (χ2n) is 2.42. The molecule has 0 spiro atoms. The van der Waals surface area contributed by atoms with Crippen molar-refractivity contribution in [1.82, 2.24) is 4.98 Å². The fourth-order valence-corrected chi connectivity index (χ4v) is 0.936.